The van der Waals surface area contributed by atoms with Crippen LogP contribution in [-0.4, -0.2) is 25.5 Å². The molecule has 0 saturated carbocycles. The predicted octanol–water partition coefficient (Wildman–Crippen LogP) is 1.02. The highest BCUT2D eigenvalue weighted by molar-refractivity contribution is 5.94. The first-order valence-electron chi connectivity index (χ1n) is 4.74. The van der Waals surface area contributed by atoms with Crippen LogP contribution in [0.25, 0.3) is 0 Å². The molecule has 0 fully saturated rings. The molecule has 80 valence electrons. The highest BCUT2D eigenvalue weighted by Gasteiger charge is 1.96. The number of esters is 1. The summed E-state index contributed by atoms with van der Waals surface area (Å²) in [5.74, 6) is -0.778. The molecule has 4 heteroatoms. The zero-order valence-electron chi connectivity index (χ0n) is 8.71. The maximum absolute atomic E-state index is 11.0. The van der Waals surface area contributed by atoms with Gasteiger partial charge in [-0.25, -0.2) is 4.79 Å². The minimum absolute atomic E-state index is 0.258. The third kappa shape index (κ3) is 7.34. The Kier molecular flexibility index (Phi) is 7.50. The normalized spacial score (nSPS) is 10.1. The molecular weight excluding hydrogens is 182 g/mol. The van der Waals surface area contributed by atoms with Crippen LogP contribution in [0.15, 0.2) is 12.2 Å². The molecule has 1 amide bonds. The number of amides is 1. The Hall–Kier alpha value is -1.32. The van der Waals surface area contributed by atoms with Crippen LogP contribution in [0, 0.1) is 0 Å². The number of carbonyl (C=O) groups is 2. The van der Waals surface area contributed by atoms with Gasteiger partial charge in [-0.2, -0.15) is 0 Å². The van der Waals surface area contributed by atoms with E-state index in [0.717, 1.165) is 25.3 Å². The monoisotopic (exact) mass is 199 g/mol. The first-order valence-corrected chi connectivity index (χ1v) is 4.74. The first-order chi connectivity index (χ1) is 6.70. The van der Waals surface area contributed by atoms with Crippen LogP contribution in [-0.2, 0) is 14.3 Å². The molecule has 14 heavy (non-hydrogen) atoms. The van der Waals surface area contributed by atoms with Gasteiger partial charge in [0.15, 0.2) is 0 Å². The number of hydrogen-bond acceptors (Lipinski definition) is 3. The van der Waals surface area contributed by atoms with Gasteiger partial charge in [0, 0.05) is 18.7 Å². The van der Waals surface area contributed by atoms with Crippen LogP contribution < -0.4 is 5.32 Å². The van der Waals surface area contributed by atoms with Crippen molar-refractivity contribution in [3.05, 3.63) is 12.2 Å². The molecule has 0 heterocycles. The summed E-state index contributed by atoms with van der Waals surface area (Å²) in [6, 6.07) is 0. The Balaban J connectivity index is 3.55. The lowest BCUT2D eigenvalue weighted by atomic mass is 10.2. The molecule has 0 rings (SSSR count). The summed E-state index contributed by atoms with van der Waals surface area (Å²) < 4.78 is 4.34. The lowest BCUT2D eigenvalue weighted by Crippen LogP contribution is -2.22. The fraction of sp³-hybridized carbons (Fsp3) is 0.600. The number of unbranched alkanes of at least 4 members (excludes halogenated alkanes) is 2. The van der Waals surface area contributed by atoms with Gasteiger partial charge in [-0.3, -0.25) is 4.79 Å². The average Bonchev–Trinajstić information content (AvgIpc) is 2.21. The Morgan fingerprint density at radius 1 is 1.29 bits per heavy atom. The van der Waals surface area contributed by atoms with Crippen molar-refractivity contribution in [1.29, 1.82) is 0 Å². The van der Waals surface area contributed by atoms with Crippen molar-refractivity contribution >= 4 is 11.9 Å². The summed E-state index contributed by atoms with van der Waals surface area (Å²) in [5.41, 5.74) is 0. The molecule has 0 aliphatic carbocycles. The summed E-state index contributed by atoms with van der Waals surface area (Å²) in [6.07, 6.45) is 5.47. The molecule has 0 radical (unpaired) electrons. The summed E-state index contributed by atoms with van der Waals surface area (Å²) in [5, 5.41) is 2.66. The van der Waals surface area contributed by atoms with Crippen LogP contribution in [0.2, 0.25) is 0 Å². The van der Waals surface area contributed by atoms with Crippen molar-refractivity contribution in [2.75, 3.05) is 13.7 Å². The quantitative estimate of drug-likeness (QED) is 0.395. The molecule has 0 aromatic heterocycles. The van der Waals surface area contributed by atoms with E-state index in [9.17, 15) is 9.59 Å². The van der Waals surface area contributed by atoms with E-state index < -0.39 is 5.97 Å². The number of hydrogen-bond donors (Lipinski definition) is 1. The van der Waals surface area contributed by atoms with E-state index in [1.807, 2.05) is 0 Å². The van der Waals surface area contributed by atoms with Gasteiger partial charge in [0.25, 0.3) is 0 Å². The lowest BCUT2D eigenvalue weighted by molar-refractivity contribution is -0.135. The van der Waals surface area contributed by atoms with Gasteiger partial charge in [0.05, 0.1) is 7.11 Å². The maximum Gasteiger partial charge on any atom is 0.330 e. The van der Waals surface area contributed by atoms with Crippen molar-refractivity contribution < 1.29 is 14.3 Å². The van der Waals surface area contributed by atoms with Crippen molar-refractivity contribution in [3.63, 3.8) is 0 Å². The van der Waals surface area contributed by atoms with Gasteiger partial charge < -0.3 is 10.1 Å². The number of rotatable bonds is 6. The highest BCUT2D eigenvalue weighted by atomic mass is 16.5. The molecule has 0 unspecified atom stereocenters. The molecule has 0 spiro atoms. The van der Waals surface area contributed by atoms with Crippen LogP contribution in [0.3, 0.4) is 0 Å². The van der Waals surface area contributed by atoms with E-state index in [0.29, 0.717) is 6.54 Å². The highest BCUT2D eigenvalue weighted by Crippen LogP contribution is 1.91. The second-order valence-electron chi connectivity index (χ2n) is 2.85. The summed E-state index contributed by atoms with van der Waals surface area (Å²) >= 11 is 0. The SMILES string of the molecule is CCCCCNC(=O)C=CC(=O)OC. The van der Waals surface area contributed by atoms with Gasteiger partial charge >= 0.3 is 5.97 Å². The number of carbonyl (C=O) groups excluding carboxylic acids is 2. The molecule has 1 N–H and O–H groups in total. The molecule has 0 bridgehead atoms. The van der Waals surface area contributed by atoms with E-state index in [-0.39, 0.29) is 5.91 Å². The number of methoxy groups -OCH3 is 1. The molecular formula is C10H17NO3. The summed E-state index contributed by atoms with van der Waals surface area (Å²) in [7, 11) is 1.27. The predicted molar refractivity (Wildman–Crippen MR) is 53.7 cm³/mol. The average molecular weight is 199 g/mol. The molecule has 0 aromatic rings. The summed E-state index contributed by atoms with van der Waals surface area (Å²) in [6.45, 7) is 2.75. The van der Waals surface area contributed by atoms with Gasteiger partial charge in [0.2, 0.25) is 5.91 Å². The van der Waals surface area contributed by atoms with Gasteiger partial charge in [-0.1, -0.05) is 19.8 Å². The summed E-state index contributed by atoms with van der Waals surface area (Å²) in [4.78, 5) is 21.6. The van der Waals surface area contributed by atoms with E-state index in [2.05, 4.69) is 17.0 Å². The smallest absolute Gasteiger partial charge is 0.330 e. The van der Waals surface area contributed by atoms with E-state index in [1.54, 1.807) is 0 Å². The Labute approximate surface area is 84.3 Å². The van der Waals surface area contributed by atoms with Crippen LogP contribution >= 0.6 is 0 Å². The lowest BCUT2D eigenvalue weighted by Gasteiger charge is -1.99. The van der Waals surface area contributed by atoms with Gasteiger partial charge in [0.1, 0.15) is 0 Å². The van der Waals surface area contributed by atoms with Crippen molar-refractivity contribution in [2.45, 2.75) is 26.2 Å². The topological polar surface area (TPSA) is 55.4 Å². The van der Waals surface area contributed by atoms with E-state index >= 15 is 0 Å². The standard InChI is InChI=1S/C10H17NO3/c1-3-4-5-8-11-9(12)6-7-10(13)14-2/h6-7H,3-5,8H2,1-2H3,(H,11,12). The largest absolute Gasteiger partial charge is 0.466 e. The molecule has 0 aliphatic rings. The minimum atomic E-state index is -0.520. The van der Waals surface area contributed by atoms with Crippen molar-refractivity contribution in [1.82, 2.24) is 5.32 Å². The third-order valence-electron chi connectivity index (χ3n) is 1.65. The molecule has 4 nitrogen and oxygen atoms in total. The third-order valence-corrected chi connectivity index (χ3v) is 1.65. The Morgan fingerprint density at radius 3 is 2.57 bits per heavy atom. The number of ether oxygens (including phenoxy) is 1. The second kappa shape index (κ2) is 8.29. The zero-order valence-corrected chi connectivity index (χ0v) is 8.71. The van der Waals surface area contributed by atoms with Gasteiger partial charge in [-0.05, 0) is 6.42 Å². The molecule has 0 aliphatic heterocycles. The minimum Gasteiger partial charge on any atom is -0.466 e. The van der Waals surface area contributed by atoms with Crippen LogP contribution in [0.1, 0.15) is 26.2 Å². The molecule has 0 aromatic carbocycles. The molecule has 0 atom stereocenters. The fourth-order valence-corrected chi connectivity index (χ4v) is 0.857. The van der Waals surface area contributed by atoms with E-state index in [1.165, 1.54) is 13.2 Å². The van der Waals surface area contributed by atoms with E-state index in [4.69, 9.17) is 0 Å². The Bertz CT molecular complexity index is 211. The Morgan fingerprint density at radius 2 is 2.00 bits per heavy atom. The molecule has 0 saturated heterocycles. The van der Waals surface area contributed by atoms with Crippen LogP contribution in [0.4, 0.5) is 0 Å². The maximum atomic E-state index is 11.0. The van der Waals surface area contributed by atoms with Crippen molar-refractivity contribution in [3.8, 4) is 0 Å². The van der Waals surface area contributed by atoms with Crippen molar-refractivity contribution in [2.24, 2.45) is 0 Å². The second-order valence-corrected chi connectivity index (χ2v) is 2.85. The number of nitrogens with one attached hydrogen (secondary N) is 1. The van der Waals surface area contributed by atoms with Gasteiger partial charge in [-0.15, -0.1) is 0 Å². The fourth-order valence-electron chi connectivity index (χ4n) is 0.857. The zero-order chi connectivity index (χ0) is 10.8. The first kappa shape index (κ1) is 12.7. The van der Waals surface area contributed by atoms with Crippen LogP contribution in [0.5, 0.6) is 0 Å².